The lowest BCUT2D eigenvalue weighted by Crippen LogP contribution is -2.51. The quantitative estimate of drug-likeness (QED) is 0.441. The van der Waals surface area contributed by atoms with Gasteiger partial charge in [-0.05, 0) is 24.1 Å². The summed E-state index contributed by atoms with van der Waals surface area (Å²) < 4.78 is 0. The van der Waals surface area contributed by atoms with Gasteiger partial charge in [-0.2, -0.15) is 0 Å². The number of benzene rings is 1. The Morgan fingerprint density at radius 2 is 1.56 bits per heavy atom. The highest BCUT2D eigenvalue weighted by Crippen LogP contribution is 2.27. The topological polar surface area (TPSA) is 125 Å². The van der Waals surface area contributed by atoms with Gasteiger partial charge in [-0.15, -0.1) is 0 Å². The number of amides is 3. The maximum Gasteiger partial charge on any atom is 0.334 e. The first-order chi connectivity index (χ1) is 12.7. The predicted molar refractivity (Wildman–Crippen MR) is 100 cm³/mol. The minimum absolute atomic E-state index is 0.0913. The van der Waals surface area contributed by atoms with Gasteiger partial charge in [-0.3, -0.25) is 14.4 Å². The van der Waals surface area contributed by atoms with Gasteiger partial charge in [-0.25, -0.2) is 4.79 Å². The van der Waals surface area contributed by atoms with E-state index in [2.05, 4.69) is 16.0 Å². The zero-order valence-electron chi connectivity index (χ0n) is 15.3. The van der Waals surface area contributed by atoms with Crippen LogP contribution < -0.4 is 16.0 Å². The van der Waals surface area contributed by atoms with Crippen LogP contribution in [0.1, 0.15) is 38.7 Å². The molecule has 0 aliphatic rings. The SMILES string of the molecule is CCC(NC(=O)CCC(=O)NCCNC(C)=O)(C(=O)O)c1ccc(Cl)cc1. The standard InChI is InChI=1S/C18H24ClN3O5/c1-3-18(17(26)27,13-4-6-14(19)7-5-13)22-16(25)9-8-15(24)21-11-10-20-12(2)23/h4-7H,3,8-11H2,1-2H3,(H,20,23)(H,21,24)(H,22,25)(H,26,27). The Morgan fingerprint density at radius 3 is 2.07 bits per heavy atom. The average Bonchev–Trinajstić information content (AvgIpc) is 2.62. The molecule has 3 amide bonds. The molecule has 0 heterocycles. The molecule has 9 heteroatoms. The van der Waals surface area contributed by atoms with Crippen LogP contribution in [0.15, 0.2) is 24.3 Å². The Balaban J connectivity index is 2.65. The third-order valence-corrected chi connectivity index (χ3v) is 4.24. The monoisotopic (exact) mass is 397 g/mol. The summed E-state index contributed by atoms with van der Waals surface area (Å²) in [5.74, 6) is -2.30. The van der Waals surface area contributed by atoms with E-state index in [0.29, 0.717) is 17.1 Å². The van der Waals surface area contributed by atoms with Crippen LogP contribution in [0.4, 0.5) is 0 Å². The number of carbonyl (C=O) groups excluding carboxylic acids is 3. The largest absolute Gasteiger partial charge is 0.479 e. The van der Waals surface area contributed by atoms with Crippen molar-refractivity contribution < 1.29 is 24.3 Å². The Bertz CT molecular complexity index is 693. The van der Waals surface area contributed by atoms with Crippen molar-refractivity contribution in [2.75, 3.05) is 13.1 Å². The predicted octanol–water partition coefficient (Wildman–Crippen LogP) is 1.18. The van der Waals surface area contributed by atoms with Crippen LogP contribution in [-0.4, -0.2) is 41.9 Å². The van der Waals surface area contributed by atoms with Crippen molar-refractivity contribution in [3.8, 4) is 0 Å². The molecule has 8 nitrogen and oxygen atoms in total. The van der Waals surface area contributed by atoms with Crippen molar-refractivity contribution in [2.24, 2.45) is 0 Å². The second kappa shape index (κ2) is 10.5. The van der Waals surface area contributed by atoms with Gasteiger partial charge in [-0.1, -0.05) is 30.7 Å². The van der Waals surface area contributed by atoms with Gasteiger partial charge in [0.05, 0.1) is 0 Å². The van der Waals surface area contributed by atoms with E-state index in [1.54, 1.807) is 31.2 Å². The van der Waals surface area contributed by atoms with Crippen LogP contribution in [0.3, 0.4) is 0 Å². The number of halogens is 1. The fourth-order valence-corrected chi connectivity index (χ4v) is 2.61. The van der Waals surface area contributed by atoms with Gasteiger partial charge in [0.1, 0.15) is 0 Å². The van der Waals surface area contributed by atoms with E-state index in [0.717, 1.165) is 0 Å². The number of hydrogen-bond donors (Lipinski definition) is 4. The molecule has 1 atom stereocenters. The lowest BCUT2D eigenvalue weighted by atomic mass is 9.87. The van der Waals surface area contributed by atoms with Crippen LogP contribution in [-0.2, 0) is 24.7 Å². The number of nitrogens with one attached hydrogen (secondary N) is 3. The maximum atomic E-state index is 12.2. The van der Waals surface area contributed by atoms with Crippen molar-refractivity contribution >= 4 is 35.3 Å². The molecule has 148 valence electrons. The van der Waals surface area contributed by atoms with Gasteiger partial charge >= 0.3 is 5.97 Å². The molecule has 0 saturated carbocycles. The number of carboxylic acid groups (broad SMARTS) is 1. The molecule has 0 saturated heterocycles. The summed E-state index contributed by atoms with van der Waals surface area (Å²) in [6.07, 6.45) is -0.126. The smallest absolute Gasteiger partial charge is 0.334 e. The average molecular weight is 398 g/mol. The highest BCUT2D eigenvalue weighted by atomic mass is 35.5. The van der Waals surface area contributed by atoms with E-state index in [1.807, 2.05) is 0 Å². The highest BCUT2D eigenvalue weighted by molar-refractivity contribution is 6.30. The van der Waals surface area contributed by atoms with Crippen molar-refractivity contribution in [3.63, 3.8) is 0 Å². The summed E-state index contributed by atoms with van der Waals surface area (Å²) >= 11 is 5.84. The van der Waals surface area contributed by atoms with Gasteiger partial charge in [0.15, 0.2) is 5.54 Å². The first-order valence-electron chi connectivity index (χ1n) is 8.53. The molecule has 1 aromatic rings. The third-order valence-electron chi connectivity index (χ3n) is 3.99. The molecule has 0 spiro atoms. The molecule has 27 heavy (non-hydrogen) atoms. The van der Waals surface area contributed by atoms with Crippen molar-refractivity contribution in [1.82, 2.24) is 16.0 Å². The molecule has 0 bridgehead atoms. The van der Waals surface area contributed by atoms with Crippen LogP contribution in [0.2, 0.25) is 5.02 Å². The van der Waals surface area contributed by atoms with Crippen LogP contribution in [0.5, 0.6) is 0 Å². The summed E-state index contributed by atoms with van der Waals surface area (Å²) in [6, 6.07) is 6.21. The number of aliphatic carboxylic acids is 1. The van der Waals surface area contributed by atoms with Gasteiger partial charge in [0.2, 0.25) is 17.7 Å². The zero-order valence-corrected chi connectivity index (χ0v) is 16.1. The molecule has 0 fully saturated rings. The van der Waals surface area contributed by atoms with E-state index in [1.165, 1.54) is 6.92 Å². The highest BCUT2D eigenvalue weighted by Gasteiger charge is 2.40. The van der Waals surface area contributed by atoms with E-state index in [9.17, 15) is 24.3 Å². The first-order valence-corrected chi connectivity index (χ1v) is 8.90. The number of hydrogen-bond acceptors (Lipinski definition) is 4. The van der Waals surface area contributed by atoms with Gasteiger partial charge < -0.3 is 21.1 Å². The second-order valence-corrected chi connectivity index (χ2v) is 6.39. The third kappa shape index (κ3) is 6.90. The zero-order chi connectivity index (χ0) is 20.4. The Hall–Kier alpha value is -2.61. The Labute approximate surface area is 162 Å². The van der Waals surface area contributed by atoms with Crippen LogP contribution >= 0.6 is 11.6 Å². The Kier molecular flexibility index (Phi) is 8.74. The molecule has 1 rings (SSSR count). The number of carboxylic acids is 1. The molecule has 0 aromatic heterocycles. The van der Waals surface area contributed by atoms with Gasteiger partial charge in [0, 0.05) is 37.9 Å². The molecular formula is C18H24ClN3O5. The minimum atomic E-state index is -1.59. The first kappa shape index (κ1) is 22.4. The summed E-state index contributed by atoms with van der Waals surface area (Å²) in [4.78, 5) is 46.6. The summed E-state index contributed by atoms with van der Waals surface area (Å²) in [5, 5.41) is 17.8. The summed E-state index contributed by atoms with van der Waals surface area (Å²) in [6.45, 7) is 3.56. The maximum absolute atomic E-state index is 12.2. The molecular weight excluding hydrogens is 374 g/mol. The van der Waals surface area contributed by atoms with Crippen molar-refractivity contribution in [2.45, 2.75) is 38.6 Å². The molecule has 1 unspecified atom stereocenters. The molecule has 0 aliphatic carbocycles. The molecule has 1 aromatic carbocycles. The van der Waals surface area contributed by atoms with Crippen molar-refractivity contribution in [1.29, 1.82) is 0 Å². The molecule has 0 aliphatic heterocycles. The van der Waals surface area contributed by atoms with Crippen LogP contribution in [0, 0.1) is 0 Å². The molecule has 4 N–H and O–H groups in total. The van der Waals surface area contributed by atoms with E-state index in [4.69, 9.17) is 11.6 Å². The van der Waals surface area contributed by atoms with Gasteiger partial charge in [0.25, 0.3) is 0 Å². The lowest BCUT2D eigenvalue weighted by Gasteiger charge is -2.30. The second-order valence-electron chi connectivity index (χ2n) is 5.95. The normalized spacial score (nSPS) is 12.6. The molecule has 0 radical (unpaired) electrons. The van der Waals surface area contributed by atoms with Crippen LogP contribution in [0.25, 0.3) is 0 Å². The summed E-state index contributed by atoms with van der Waals surface area (Å²) in [7, 11) is 0. The van der Waals surface area contributed by atoms with E-state index < -0.39 is 17.4 Å². The van der Waals surface area contributed by atoms with E-state index >= 15 is 0 Å². The fraction of sp³-hybridized carbons (Fsp3) is 0.444. The Morgan fingerprint density at radius 1 is 1.00 bits per heavy atom. The number of carbonyl (C=O) groups is 4. The summed E-state index contributed by atoms with van der Waals surface area (Å²) in [5.41, 5.74) is -1.20. The van der Waals surface area contributed by atoms with Crippen molar-refractivity contribution in [3.05, 3.63) is 34.9 Å². The number of rotatable bonds is 10. The fourth-order valence-electron chi connectivity index (χ4n) is 2.48. The van der Waals surface area contributed by atoms with E-state index in [-0.39, 0.29) is 37.6 Å². The lowest BCUT2D eigenvalue weighted by molar-refractivity contribution is -0.148. The minimum Gasteiger partial charge on any atom is -0.479 e.